The third-order valence-electron chi connectivity index (χ3n) is 3.77. The number of aromatic nitrogens is 1. The molecule has 0 unspecified atom stereocenters. The van der Waals surface area contributed by atoms with Crippen molar-refractivity contribution in [2.45, 2.75) is 18.4 Å². The predicted molar refractivity (Wildman–Crippen MR) is 94.1 cm³/mol. The first-order valence-electron chi connectivity index (χ1n) is 7.41. The van der Waals surface area contributed by atoms with Crippen LogP contribution in [-0.2, 0) is 16.1 Å². The van der Waals surface area contributed by atoms with Gasteiger partial charge in [0.25, 0.3) is 0 Å². The molecular weight excluding hydrogens is 310 g/mol. The van der Waals surface area contributed by atoms with E-state index in [1.165, 1.54) is 0 Å². The summed E-state index contributed by atoms with van der Waals surface area (Å²) in [5.41, 5.74) is 1.53. The van der Waals surface area contributed by atoms with E-state index in [-0.39, 0.29) is 17.9 Å². The Hall–Kier alpha value is -2.27. The molecule has 1 heterocycles. The highest BCUT2D eigenvalue weighted by Crippen LogP contribution is 2.28. The normalized spacial score (nSPS) is 11.0. The maximum absolute atomic E-state index is 12.8. The maximum atomic E-state index is 12.8. The lowest BCUT2D eigenvalue weighted by molar-refractivity contribution is -0.143. The second-order valence-electron chi connectivity index (χ2n) is 5.09. The third-order valence-corrected chi connectivity index (χ3v) is 4.53. The molecule has 0 saturated heterocycles. The molecule has 0 N–H and O–H groups in total. The van der Waals surface area contributed by atoms with Crippen LogP contribution in [0.4, 0.5) is 0 Å². The van der Waals surface area contributed by atoms with Gasteiger partial charge in [0.1, 0.15) is 6.54 Å². The van der Waals surface area contributed by atoms with Crippen molar-refractivity contribution in [3.05, 3.63) is 52.7 Å². The van der Waals surface area contributed by atoms with E-state index < -0.39 is 0 Å². The molecule has 23 heavy (non-hydrogen) atoms. The van der Waals surface area contributed by atoms with Crippen molar-refractivity contribution in [1.29, 1.82) is 0 Å². The standard InChI is InChI=1S/C18H17NO3S/c1-3-22-16(20)11-19-14-9-5-4-7-12(14)18(21)13-8-6-10-15(23-2)17(13)19/h4-10H,3,11H2,1-2H3. The molecule has 0 saturated carbocycles. The molecule has 118 valence electrons. The number of thioether (sulfide) groups is 1. The predicted octanol–water partition coefficient (Wildman–Crippen LogP) is 3.44. The van der Waals surface area contributed by atoms with E-state index in [4.69, 9.17) is 4.74 Å². The van der Waals surface area contributed by atoms with E-state index in [1.807, 2.05) is 47.2 Å². The van der Waals surface area contributed by atoms with Crippen LogP contribution in [0.3, 0.4) is 0 Å². The zero-order chi connectivity index (χ0) is 16.4. The smallest absolute Gasteiger partial charge is 0.325 e. The Morgan fingerprint density at radius 2 is 1.87 bits per heavy atom. The lowest BCUT2D eigenvalue weighted by atomic mass is 10.1. The van der Waals surface area contributed by atoms with Crippen LogP contribution in [0.5, 0.6) is 0 Å². The molecule has 0 spiro atoms. The van der Waals surface area contributed by atoms with Gasteiger partial charge in [0.05, 0.1) is 17.6 Å². The number of carbonyl (C=O) groups is 1. The van der Waals surface area contributed by atoms with Crippen LogP contribution in [0.25, 0.3) is 21.8 Å². The number of benzene rings is 2. The minimum absolute atomic E-state index is 0.00777. The summed E-state index contributed by atoms with van der Waals surface area (Å²) in [6.45, 7) is 2.21. The lowest BCUT2D eigenvalue weighted by Gasteiger charge is -2.16. The summed E-state index contributed by atoms with van der Waals surface area (Å²) in [5.74, 6) is -0.307. The molecule has 5 heteroatoms. The molecule has 0 bridgehead atoms. The Bertz CT molecular complexity index is 946. The average Bonchev–Trinajstić information content (AvgIpc) is 2.58. The lowest BCUT2D eigenvalue weighted by Crippen LogP contribution is -2.18. The van der Waals surface area contributed by atoms with Crippen molar-refractivity contribution in [3.63, 3.8) is 0 Å². The third kappa shape index (κ3) is 2.72. The van der Waals surface area contributed by atoms with Crippen molar-refractivity contribution in [2.24, 2.45) is 0 Å². The number of hydrogen-bond donors (Lipinski definition) is 0. The zero-order valence-corrected chi connectivity index (χ0v) is 13.9. The number of pyridine rings is 1. The van der Waals surface area contributed by atoms with Gasteiger partial charge in [-0.05, 0) is 37.4 Å². The fourth-order valence-corrected chi connectivity index (χ4v) is 3.44. The SMILES string of the molecule is CCOC(=O)Cn1c2ccccc2c(=O)c2cccc(SC)c21. The molecule has 2 aromatic carbocycles. The van der Waals surface area contributed by atoms with Crippen LogP contribution in [0.1, 0.15) is 6.92 Å². The van der Waals surface area contributed by atoms with Gasteiger partial charge in [0.15, 0.2) is 5.43 Å². The van der Waals surface area contributed by atoms with Crippen LogP contribution in [-0.4, -0.2) is 23.4 Å². The Morgan fingerprint density at radius 1 is 1.13 bits per heavy atom. The molecule has 0 fully saturated rings. The minimum Gasteiger partial charge on any atom is -0.465 e. The molecule has 3 rings (SSSR count). The Balaban J connectivity index is 2.42. The van der Waals surface area contributed by atoms with E-state index >= 15 is 0 Å². The topological polar surface area (TPSA) is 48.3 Å². The highest BCUT2D eigenvalue weighted by molar-refractivity contribution is 7.98. The number of para-hydroxylation sites is 2. The van der Waals surface area contributed by atoms with Crippen molar-refractivity contribution < 1.29 is 9.53 Å². The van der Waals surface area contributed by atoms with Gasteiger partial charge in [-0.1, -0.05) is 18.2 Å². The van der Waals surface area contributed by atoms with Gasteiger partial charge in [-0.15, -0.1) is 11.8 Å². The summed E-state index contributed by atoms with van der Waals surface area (Å²) in [5, 5.41) is 1.24. The first-order chi connectivity index (χ1) is 11.2. The monoisotopic (exact) mass is 327 g/mol. The summed E-state index contributed by atoms with van der Waals surface area (Å²) in [6, 6.07) is 13.0. The Labute approximate surface area is 138 Å². The van der Waals surface area contributed by atoms with E-state index in [2.05, 4.69) is 0 Å². The molecule has 0 aliphatic carbocycles. The average molecular weight is 327 g/mol. The number of ether oxygens (including phenoxy) is 1. The second-order valence-corrected chi connectivity index (χ2v) is 5.94. The summed E-state index contributed by atoms with van der Waals surface area (Å²) >= 11 is 1.56. The van der Waals surface area contributed by atoms with Crippen molar-refractivity contribution in [2.75, 3.05) is 12.9 Å². The fraction of sp³-hybridized carbons (Fsp3) is 0.222. The van der Waals surface area contributed by atoms with Gasteiger partial charge in [0.2, 0.25) is 0 Å². The summed E-state index contributed by atoms with van der Waals surface area (Å²) in [4.78, 5) is 25.8. The van der Waals surface area contributed by atoms with E-state index in [1.54, 1.807) is 24.8 Å². The number of esters is 1. The minimum atomic E-state index is -0.307. The van der Waals surface area contributed by atoms with Crippen molar-refractivity contribution in [1.82, 2.24) is 4.57 Å². The van der Waals surface area contributed by atoms with E-state index in [0.717, 1.165) is 15.9 Å². The Morgan fingerprint density at radius 3 is 2.61 bits per heavy atom. The van der Waals surface area contributed by atoms with Crippen LogP contribution in [0.15, 0.2) is 52.2 Å². The van der Waals surface area contributed by atoms with Crippen molar-refractivity contribution in [3.8, 4) is 0 Å². The number of nitrogens with zero attached hydrogens (tertiary/aromatic N) is 1. The van der Waals surface area contributed by atoms with Gasteiger partial charge < -0.3 is 9.30 Å². The number of carbonyl (C=O) groups excluding carboxylic acids is 1. The summed E-state index contributed by atoms with van der Waals surface area (Å²) in [6.07, 6.45) is 1.96. The molecule has 0 aliphatic heterocycles. The molecule has 0 atom stereocenters. The summed E-state index contributed by atoms with van der Waals surface area (Å²) < 4.78 is 6.99. The molecule has 0 amide bonds. The van der Waals surface area contributed by atoms with Gasteiger partial charge in [0, 0.05) is 15.7 Å². The van der Waals surface area contributed by atoms with Crippen LogP contribution in [0, 0.1) is 0 Å². The van der Waals surface area contributed by atoms with Gasteiger partial charge in [-0.2, -0.15) is 0 Å². The molecular formula is C18H17NO3S. The number of hydrogen-bond acceptors (Lipinski definition) is 4. The molecule has 1 aromatic heterocycles. The molecule has 0 aliphatic rings. The zero-order valence-electron chi connectivity index (χ0n) is 13.0. The van der Waals surface area contributed by atoms with Gasteiger partial charge in [-0.3, -0.25) is 9.59 Å². The van der Waals surface area contributed by atoms with Crippen LogP contribution < -0.4 is 5.43 Å². The first-order valence-corrected chi connectivity index (χ1v) is 8.63. The number of fused-ring (bicyclic) bond motifs is 2. The summed E-state index contributed by atoms with van der Waals surface area (Å²) in [7, 11) is 0. The highest BCUT2D eigenvalue weighted by Gasteiger charge is 2.15. The van der Waals surface area contributed by atoms with E-state index in [0.29, 0.717) is 17.4 Å². The van der Waals surface area contributed by atoms with Gasteiger partial charge >= 0.3 is 5.97 Å². The quantitative estimate of drug-likeness (QED) is 0.418. The van der Waals surface area contributed by atoms with Crippen LogP contribution >= 0.6 is 11.8 Å². The maximum Gasteiger partial charge on any atom is 0.325 e. The Kier molecular flexibility index (Phi) is 4.39. The fourth-order valence-electron chi connectivity index (χ4n) is 2.82. The van der Waals surface area contributed by atoms with E-state index in [9.17, 15) is 9.59 Å². The first kappa shape index (κ1) is 15.6. The molecule has 3 aromatic rings. The largest absolute Gasteiger partial charge is 0.465 e. The highest BCUT2D eigenvalue weighted by atomic mass is 32.2. The van der Waals surface area contributed by atoms with Crippen molar-refractivity contribution >= 4 is 39.5 Å². The molecule has 4 nitrogen and oxygen atoms in total. The van der Waals surface area contributed by atoms with Gasteiger partial charge in [-0.25, -0.2) is 0 Å². The second kappa shape index (κ2) is 6.46. The van der Waals surface area contributed by atoms with Crippen LogP contribution in [0.2, 0.25) is 0 Å². The molecule has 0 radical (unpaired) electrons. The number of rotatable bonds is 4.